The van der Waals surface area contributed by atoms with E-state index in [2.05, 4.69) is 48.5 Å². The Morgan fingerprint density at radius 2 is 1.71 bits per heavy atom. The second-order valence-corrected chi connectivity index (χ2v) is 14.4. The second kappa shape index (κ2) is 17.1. The van der Waals surface area contributed by atoms with Gasteiger partial charge in [-0.1, -0.05) is 45.9 Å². The molecule has 3 heterocycles. The molecule has 0 fully saturated rings. The SMILES string of the molecule is CCCN(Cc1ncc(-c2ccc3c(c2)COc2cc4c(ccc5nc(CN(C(=O)C(NC(=O)OC)C(C)C)[C@@H](C)CC)[nH]c54)cc2-3)[nH]1)C(=O)CNC(=O)OC. The Morgan fingerprint density at radius 3 is 2.43 bits per heavy atom. The van der Waals surface area contributed by atoms with E-state index in [1.165, 1.54) is 14.2 Å². The number of alkyl carbamates (subject to hydrolysis) is 2. The third-order valence-electron chi connectivity index (χ3n) is 10.2. The number of aromatic nitrogens is 4. The molecule has 0 bridgehead atoms. The minimum Gasteiger partial charge on any atom is -0.488 e. The molecule has 4 N–H and O–H groups in total. The highest BCUT2D eigenvalue weighted by Crippen LogP contribution is 2.42. The Balaban J connectivity index is 1.23. The predicted molar refractivity (Wildman–Crippen MR) is 212 cm³/mol. The van der Waals surface area contributed by atoms with E-state index in [1.807, 2.05) is 58.9 Å². The summed E-state index contributed by atoms with van der Waals surface area (Å²) in [5.41, 5.74) is 6.46. The number of hydrogen-bond acceptors (Lipinski definition) is 9. The summed E-state index contributed by atoms with van der Waals surface area (Å²) in [6, 6.07) is 13.6. The number of nitrogens with zero attached hydrogens (tertiary/aromatic N) is 4. The highest BCUT2D eigenvalue weighted by Gasteiger charge is 2.32. The van der Waals surface area contributed by atoms with Crippen molar-refractivity contribution in [3.05, 3.63) is 65.9 Å². The van der Waals surface area contributed by atoms with Crippen LogP contribution in [0.3, 0.4) is 0 Å². The maximum Gasteiger partial charge on any atom is 0.407 e. The molecule has 4 amide bonds. The number of amides is 4. The Bertz CT molecular complexity index is 2250. The first-order valence-corrected chi connectivity index (χ1v) is 18.9. The highest BCUT2D eigenvalue weighted by molar-refractivity contribution is 6.07. The molecule has 5 aromatic rings. The van der Waals surface area contributed by atoms with Crippen LogP contribution in [0, 0.1) is 5.92 Å². The van der Waals surface area contributed by atoms with E-state index < -0.39 is 18.2 Å². The summed E-state index contributed by atoms with van der Waals surface area (Å²) in [5, 5.41) is 7.11. The van der Waals surface area contributed by atoms with Crippen molar-refractivity contribution in [2.75, 3.05) is 27.3 Å². The second-order valence-electron chi connectivity index (χ2n) is 14.4. The van der Waals surface area contributed by atoms with Crippen molar-refractivity contribution in [2.45, 2.75) is 79.2 Å². The number of H-pyrrole nitrogens is 2. The number of imidazole rings is 2. The van der Waals surface area contributed by atoms with E-state index in [9.17, 15) is 19.2 Å². The van der Waals surface area contributed by atoms with Crippen LogP contribution in [0.25, 0.3) is 44.2 Å². The molecule has 2 atom stereocenters. The molecule has 6 rings (SSSR count). The van der Waals surface area contributed by atoms with Gasteiger partial charge in [0.15, 0.2) is 0 Å². The van der Waals surface area contributed by atoms with Gasteiger partial charge in [-0.25, -0.2) is 19.6 Å². The van der Waals surface area contributed by atoms with Gasteiger partial charge in [0.25, 0.3) is 0 Å². The molecule has 15 nitrogen and oxygen atoms in total. The number of ether oxygens (including phenoxy) is 3. The molecule has 1 aliphatic rings. The van der Waals surface area contributed by atoms with Crippen molar-refractivity contribution >= 4 is 45.8 Å². The molecule has 3 aromatic carbocycles. The van der Waals surface area contributed by atoms with Crippen molar-refractivity contribution in [3.8, 4) is 28.1 Å². The molecular weight excluding hydrogens is 716 g/mol. The van der Waals surface area contributed by atoms with Crippen molar-refractivity contribution < 1.29 is 33.4 Å². The summed E-state index contributed by atoms with van der Waals surface area (Å²) in [4.78, 5) is 69.8. The van der Waals surface area contributed by atoms with Gasteiger partial charge < -0.3 is 44.6 Å². The lowest BCUT2D eigenvalue weighted by Gasteiger charge is -2.33. The van der Waals surface area contributed by atoms with E-state index in [-0.39, 0.29) is 43.4 Å². The summed E-state index contributed by atoms with van der Waals surface area (Å²) in [6.45, 7) is 11.0. The van der Waals surface area contributed by atoms with E-state index >= 15 is 0 Å². The summed E-state index contributed by atoms with van der Waals surface area (Å²) < 4.78 is 15.7. The molecule has 0 radical (unpaired) electrons. The van der Waals surface area contributed by atoms with Crippen LogP contribution in [0.1, 0.15) is 64.7 Å². The third-order valence-corrected chi connectivity index (χ3v) is 10.2. The van der Waals surface area contributed by atoms with Crippen LogP contribution >= 0.6 is 0 Å². The van der Waals surface area contributed by atoms with Gasteiger partial charge in [-0.2, -0.15) is 0 Å². The topological polar surface area (TPSA) is 184 Å². The zero-order chi connectivity index (χ0) is 40.1. The molecule has 0 saturated heterocycles. The number of carbonyl (C=O) groups is 4. The molecule has 56 heavy (non-hydrogen) atoms. The Labute approximate surface area is 325 Å². The van der Waals surface area contributed by atoms with Gasteiger partial charge in [-0.05, 0) is 72.0 Å². The number of carbonyl (C=O) groups excluding carboxylic acids is 4. The fourth-order valence-corrected chi connectivity index (χ4v) is 6.96. The van der Waals surface area contributed by atoms with Crippen LogP contribution in [0.15, 0.2) is 48.7 Å². The molecule has 0 spiro atoms. The number of benzene rings is 3. The minimum absolute atomic E-state index is 0.0977. The molecule has 0 saturated carbocycles. The van der Waals surface area contributed by atoms with Crippen molar-refractivity contribution in [2.24, 2.45) is 5.92 Å². The first-order chi connectivity index (χ1) is 26.9. The maximum atomic E-state index is 13.8. The fourth-order valence-electron chi connectivity index (χ4n) is 6.96. The van der Waals surface area contributed by atoms with Gasteiger partial charge in [0, 0.05) is 23.5 Å². The number of methoxy groups -OCH3 is 2. The zero-order valence-corrected chi connectivity index (χ0v) is 32.9. The molecule has 1 unspecified atom stereocenters. The lowest BCUT2D eigenvalue weighted by molar-refractivity contribution is -0.137. The lowest BCUT2D eigenvalue weighted by Crippen LogP contribution is -2.53. The number of hydrogen-bond donors (Lipinski definition) is 4. The van der Waals surface area contributed by atoms with Crippen molar-refractivity contribution in [1.82, 2.24) is 40.4 Å². The van der Waals surface area contributed by atoms with Crippen LogP contribution in [0.2, 0.25) is 0 Å². The van der Waals surface area contributed by atoms with Crippen LogP contribution in [0.5, 0.6) is 5.75 Å². The molecule has 2 aromatic heterocycles. The average molecular weight is 767 g/mol. The normalized spacial score (nSPS) is 13.0. The van der Waals surface area contributed by atoms with Gasteiger partial charge in [-0.15, -0.1) is 0 Å². The van der Waals surface area contributed by atoms with Gasteiger partial charge in [0.2, 0.25) is 11.8 Å². The molecule has 296 valence electrons. The average Bonchev–Trinajstić information content (AvgIpc) is 3.86. The smallest absolute Gasteiger partial charge is 0.407 e. The van der Waals surface area contributed by atoms with Crippen molar-refractivity contribution in [3.63, 3.8) is 0 Å². The first kappa shape index (κ1) is 39.6. The number of aromatic amines is 2. The number of nitrogens with one attached hydrogen (secondary N) is 4. The highest BCUT2D eigenvalue weighted by atomic mass is 16.5. The Morgan fingerprint density at radius 1 is 0.929 bits per heavy atom. The van der Waals surface area contributed by atoms with Gasteiger partial charge in [0.05, 0.1) is 50.2 Å². The molecule has 0 aliphatic carbocycles. The Kier molecular flexibility index (Phi) is 12.1. The fraction of sp³-hybridized carbons (Fsp3) is 0.415. The number of rotatable bonds is 14. The first-order valence-electron chi connectivity index (χ1n) is 18.9. The van der Waals surface area contributed by atoms with E-state index in [1.54, 1.807) is 16.0 Å². The quantitative estimate of drug-likeness (QED) is 0.101. The number of fused-ring (bicyclic) bond motifs is 6. The summed E-state index contributed by atoms with van der Waals surface area (Å²) in [7, 11) is 2.54. The van der Waals surface area contributed by atoms with E-state index in [4.69, 9.17) is 14.5 Å². The van der Waals surface area contributed by atoms with Crippen LogP contribution < -0.4 is 15.4 Å². The minimum atomic E-state index is -0.746. The molecular formula is C41H50N8O7. The standard InChI is InChI=1S/C41H50N8O7/c1-8-14-48(36(50)19-43-40(52)54-6)20-34-42-18-32(45-34)26-10-12-28-27(15-26)22-56-33-17-29-25(16-30(28)33)11-13-31-38(29)46-35(44-31)21-49(24(5)9-2)39(51)37(23(3)4)47-41(53)55-7/h10-13,15-18,23-24,37H,8-9,14,19-22H2,1-7H3,(H,42,45)(H,43,52)(H,44,46)(H,47,53)/t24-,37?/m0/s1. The van der Waals surface area contributed by atoms with Crippen molar-refractivity contribution in [1.29, 1.82) is 0 Å². The summed E-state index contributed by atoms with van der Waals surface area (Å²) in [5.74, 6) is 1.46. The van der Waals surface area contributed by atoms with Crippen LogP contribution in [-0.2, 0) is 38.8 Å². The van der Waals surface area contributed by atoms with Gasteiger partial charge in [0.1, 0.15) is 36.6 Å². The van der Waals surface area contributed by atoms with Crippen LogP contribution in [-0.4, -0.2) is 93.1 Å². The summed E-state index contributed by atoms with van der Waals surface area (Å²) >= 11 is 0. The third kappa shape index (κ3) is 8.41. The summed E-state index contributed by atoms with van der Waals surface area (Å²) in [6.07, 6.45) is 1.94. The largest absolute Gasteiger partial charge is 0.488 e. The van der Waals surface area contributed by atoms with Crippen LogP contribution in [0.4, 0.5) is 9.59 Å². The maximum absolute atomic E-state index is 13.8. The van der Waals surface area contributed by atoms with Gasteiger partial charge in [-0.3, -0.25) is 9.59 Å². The molecule has 15 heteroatoms. The van der Waals surface area contributed by atoms with E-state index in [0.29, 0.717) is 24.8 Å². The van der Waals surface area contributed by atoms with E-state index in [0.717, 1.165) is 68.3 Å². The predicted octanol–water partition coefficient (Wildman–Crippen LogP) is 6.27. The Hall–Kier alpha value is -6.12. The lowest BCUT2D eigenvalue weighted by atomic mass is 9.92. The van der Waals surface area contributed by atoms with Gasteiger partial charge >= 0.3 is 12.2 Å². The molecule has 1 aliphatic heterocycles. The zero-order valence-electron chi connectivity index (χ0n) is 32.9. The monoisotopic (exact) mass is 766 g/mol.